The number of esters is 1. The predicted molar refractivity (Wildman–Crippen MR) is 61.0 cm³/mol. The van der Waals surface area contributed by atoms with Crippen LogP contribution in [0.25, 0.3) is 0 Å². The predicted octanol–water partition coefficient (Wildman–Crippen LogP) is 2.73. The normalized spacial score (nSPS) is 12.1. The van der Waals surface area contributed by atoms with Crippen LogP contribution in [0.1, 0.15) is 31.7 Å². The summed E-state index contributed by atoms with van der Waals surface area (Å²) in [5, 5.41) is 0. The first-order chi connectivity index (χ1) is 8.92. The highest BCUT2D eigenvalue weighted by Gasteiger charge is 2.34. The maximum absolute atomic E-state index is 13.6. The second kappa shape index (κ2) is 6.36. The summed E-state index contributed by atoms with van der Waals surface area (Å²) in [6, 6.07) is 0.848. The van der Waals surface area contributed by atoms with Crippen molar-refractivity contribution in [2.24, 2.45) is 0 Å². The third-order valence-corrected chi connectivity index (χ3v) is 2.53. The lowest BCUT2D eigenvalue weighted by Gasteiger charge is -2.15. The number of carbonyl (C=O) groups is 2. The molecule has 0 aliphatic heterocycles. The second-order valence-corrected chi connectivity index (χ2v) is 3.79. The van der Waals surface area contributed by atoms with Crippen LogP contribution >= 0.6 is 0 Å². The summed E-state index contributed by atoms with van der Waals surface area (Å²) >= 11 is 0. The van der Waals surface area contributed by atoms with Crippen LogP contribution in [0.15, 0.2) is 12.1 Å². The lowest BCUT2D eigenvalue weighted by molar-refractivity contribution is -0.148. The van der Waals surface area contributed by atoms with Crippen molar-refractivity contribution in [3.05, 3.63) is 35.1 Å². The van der Waals surface area contributed by atoms with Crippen molar-refractivity contribution >= 4 is 11.8 Å². The molecule has 0 aliphatic carbocycles. The Bertz CT molecular complexity index is 477. The Balaban J connectivity index is 3.33. The molecule has 0 bridgehead atoms. The first-order valence-corrected chi connectivity index (χ1v) is 5.76. The Kier molecular flexibility index (Phi) is 5.09. The van der Waals surface area contributed by atoms with E-state index in [2.05, 4.69) is 4.74 Å². The van der Waals surface area contributed by atoms with Gasteiger partial charge >= 0.3 is 5.97 Å². The van der Waals surface area contributed by atoms with E-state index in [0.717, 1.165) is 0 Å². The first kappa shape index (κ1) is 15.2. The largest absolute Gasteiger partial charge is 0.465 e. The fourth-order valence-corrected chi connectivity index (χ4v) is 1.67. The van der Waals surface area contributed by atoms with Crippen LogP contribution in [0.2, 0.25) is 0 Å². The van der Waals surface area contributed by atoms with Gasteiger partial charge < -0.3 is 4.74 Å². The summed E-state index contributed by atoms with van der Waals surface area (Å²) in [6.07, 6.45) is -0.0975. The van der Waals surface area contributed by atoms with E-state index in [-0.39, 0.29) is 13.0 Å². The average molecular weight is 274 g/mol. The van der Waals surface area contributed by atoms with Crippen LogP contribution in [0.5, 0.6) is 0 Å². The van der Waals surface area contributed by atoms with Gasteiger partial charge in [-0.3, -0.25) is 9.59 Å². The number of benzene rings is 1. The summed E-state index contributed by atoms with van der Waals surface area (Å²) < 4.78 is 44.7. The summed E-state index contributed by atoms with van der Waals surface area (Å²) in [7, 11) is 0. The quantitative estimate of drug-likeness (QED) is 0.612. The van der Waals surface area contributed by atoms with Gasteiger partial charge in [0.25, 0.3) is 0 Å². The van der Waals surface area contributed by atoms with Gasteiger partial charge in [0, 0.05) is 24.1 Å². The van der Waals surface area contributed by atoms with Gasteiger partial charge in [-0.25, -0.2) is 13.2 Å². The van der Waals surface area contributed by atoms with Gasteiger partial charge in [0.15, 0.2) is 5.78 Å². The van der Waals surface area contributed by atoms with E-state index >= 15 is 0 Å². The van der Waals surface area contributed by atoms with E-state index < -0.39 is 40.7 Å². The van der Waals surface area contributed by atoms with Crippen LogP contribution in [0.4, 0.5) is 13.2 Å². The molecule has 19 heavy (non-hydrogen) atoms. The van der Waals surface area contributed by atoms with Crippen molar-refractivity contribution in [1.82, 2.24) is 0 Å². The van der Waals surface area contributed by atoms with Crippen molar-refractivity contribution in [2.45, 2.75) is 26.2 Å². The summed E-state index contributed by atoms with van der Waals surface area (Å²) in [6.45, 7) is 2.92. The van der Waals surface area contributed by atoms with E-state index in [1.807, 2.05) is 0 Å². The maximum atomic E-state index is 13.6. The van der Waals surface area contributed by atoms with Gasteiger partial charge in [0.05, 0.1) is 6.61 Å². The van der Waals surface area contributed by atoms with Crippen molar-refractivity contribution in [3.63, 3.8) is 0 Å². The van der Waals surface area contributed by atoms with Crippen molar-refractivity contribution in [2.75, 3.05) is 6.61 Å². The van der Waals surface area contributed by atoms with Crippen molar-refractivity contribution in [1.29, 1.82) is 0 Å². The molecule has 0 spiro atoms. The van der Waals surface area contributed by atoms with E-state index in [9.17, 15) is 22.8 Å². The molecule has 0 saturated carbocycles. The highest BCUT2D eigenvalue weighted by Crippen LogP contribution is 2.27. The van der Waals surface area contributed by atoms with Gasteiger partial charge in [-0.1, -0.05) is 6.92 Å². The molecule has 0 fully saturated rings. The van der Waals surface area contributed by atoms with Crippen LogP contribution in [0, 0.1) is 17.5 Å². The lowest BCUT2D eigenvalue weighted by Crippen LogP contribution is -2.26. The van der Waals surface area contributed by atoms with E-state index in [4.69, 9.17) is 0 Å². The molecule has 0 radical (unpaired) electrons. The number of Topliss-reactive ketones (excluding diaryl/α,β-unsaturated/α-hetero) is 1. The fourth-order valence-electron chi connectivity index (χ4n) is 1.67. The monoisotopic (exact) mass is 274 g/mol. The third kappa shape index (κ3) is 3.33. The summed E-state index contributed by atoms with van der Waals surface area (Å²) in [5.74, 6) is -7.12. The van der Waals surface area contributed by atoms with Gasteiger partial charge in [-0.2, -0.15) is 0 Å². The van der Waals surface area contributed by atoms with Crippen LogP contribution in [-0.2, 0) is 14.3 Å². The molecule has 1 aromatic rings. The highest BCUT2D eigenvalue weighted by molar-refractivity contribution is 6.04. The number of hydrogen-bond donors (Lipinski definition) is 0. The standard InChI is InChI=1S/C13H13F3O3/c1-3-10(17)12(13(18)19-4-2)11-8(15)5-7(14)6-9(11)16/h5-6,12H,3-4H2,1-2H3. The third-order valence-electron chi connectivity index (χ3n) is 2.53. The molecule has 0 saturated heterocycles. The molecule has 1 atom stereocenters. The lowest BCUT2D eigenvalue weighted by atomic mass is 9.92. The molecule has 1 aromatic carbocycles. The molecule has 0 aliphatic rings. The Morgan fingerprint density at radius 3 is 2.11 bits per heavy atom. The Morgan fingerprint density at radius 2 is 1.68 bits per heavy atom. The van der Waals surface area contributed by atoms with E-state index in [1.165, 1.54) is 13.8 Å². The molecule has 6 heteroatoms. The minimum Gasteiger partial charge on any atom is -0.465 e. The van der Waals surface area contributed by atoms with Gasteiger partial charge in [-0.05, 0) is 6.92 Å². The molecular formula is C13H13F3O3. The second-order valence-electron chi connectivity index (χ2n) is 3.79. The van der Waals surface area contributed by atoms with Gasteiger partial charge in [0.1, 0.15) is 23.4 Å². The maximum Gasteiger partial charge on any atom is 0.321 e. The smallest absolute Gasteiger partial charge is 0.321 e. The number of rotatable bonds is 5. The van der Waals surface area contributed by atoms with Gasteiger partial charge in [0.2, 0.25) is 0 Å². The number of ether oxygens (including phenoxy) is 1. The molecular weight excluding hydrogens is 261 g/mol. The average Bonchev–Trinajstić information content (AvgIpc) is 2.32. The Hall–Kier alpha value is -1.85. The topological polar surface area (TPSA) is 43.4 Å². The zero-order valence-electron chi connectivity index (χ0n) is 10.5. The Labute approximate surface area is 108 Å². The molecule has 104 valence electrons. The van der Waals surface area contributed by atoms with Crippen LogP contribution < -0.4 is 0 Å². The van der Waals surface area contributed by atoms with E-state index in [0.29, 0.717) is 12.1 Å². The minimum atomic E-state index is -1.70. The molecule has 0 aromatic heterocycles. The number of ketones is 1. The molecule has 0 heterocycles. The molecule has 1 unspecified atom stereocenters. The SMILES string of the molecule is CCOC(=O)C(C(=O)CC)c1c(F)cc(F)cc1F. The molecule has 0 N–H and O–H groups in total. The number of halogens is 3. The van der Waals surface area contributed by atoms with Crippen molar-refractivity contribution < 1.29 is 27.5 Å². The number of carbonyl (C=O) groups excluding carboxylic acids is 2. The molecule has 1 rings (SSSR count). The number of hydrogen-bond acceptors (Lipinski definition) is 3. The summed E-state index contributed by atoms with van der Waals surface area (Å²) in [5.41, 5.74) is -0.772. The minimum absolute atomic E-state index is 0.0310. The Morgan fingerprint density at radius 1 is 1.16 bits per heavy atom. The fraction of sp³-hybridized carbons (Fsp3) is 0.385. The highest BCUT2D eigenvalue weighted by atomic mass is 19.1. The molecule has 0 amide bonds. The zero-order valence-corrected chi connectivity index (χ0v) is 10.5. The van der Waals surface area contributed by atoms with Gasteiger partial charge in [-0.15, -0.1) is 0 Å². The van der Waals surface area contributed by atoms with Crippen molar-refractivity contribution in [3.8, 4) is 0 Å². The van der Waals surface area contributed by atoms with E-state index in [1.54, 1.807) is 0 Å². The van der Waals surface area contributed by atoms with Crippen LogP contribution in [-0.4, -0.2) is 18.4 Å². The van der Waals surface area contributed by atoms with Crippen LogP contribution in [0.3, 0.4) is 0 Å². The summed E-state index contributed by atoms with van der Waals surface area (Å²) in [4.78, 5) is 23.4. The first-order valence-electron chi connectivity index (χ1n) is 5.76. The zero-order chi connectivity index (χ0) is 14.6. The molecule has 3 nitrogen and oxygen atoms in total.